The van der Waals surface area contributed by atoms with Crippen LogP contribution in [0.1, 0.15) is 19.4 Å². The van der Waals surface area contributed by atoms with E-state index in [1.165, 1.54) is 7.11 Å². The van der Waals surface area contributed by atoms with Gasteiger partial charge in [0.15, 0.2) is 6.61 Å². The highest BCUT2D eigenvalue weighted by Gasteiger charge is 2.04. The second-order valence-electron chi connectivity index (χ2n) is 2.75. The number of benzene rings is 1. The third-order valence-corrected chi connectivity index (χ3v) is 2.71. The smallest absolute Gasteiger partial charge is 0.343 e. The van der Waals surface area contributed by atoms with E-state index >= 15 is 0 Å². The van der Waals surface area contributed by atoms with Crippen molar-refractivity contribution in [1.82, 2.24) is 0 Å². The largest absolute Gasteiger partial charge is 0.482 e. The Kier molecular flexibility index (Phi) is 8.90. The molecule has 0 N–H and O–H groups in total. The highest BCUT2D eigenvalue weighted by molar-refractivity contribution is 9.08. The van der Waals surface area contributed by atoms with Crippen LogP contribution in [-0.4, -0.2) is 19.7 Å². The number of rotatable bonds is 4. The SMILES string of the molecule is CC.COC(=O)COc1ccc(CBr)c(Cl)c1. The summed E-state index contributed by atoms with van der Waals surface area (Å²) in [6.07, 6.45) is 0. The van der Waals surface area contributed by atoms with Gasteiger partial charge < -0.3 is 9.47 Å². The number of alkyl halides is 1. The molecule has 0 aliphatic carbocycles. The van der Waals surface area contributed by atoms with E-state index in [-0.39, 0.29) is 6.61 Å². The third kappa shape index (κ3) is 5.94. The van der Waals surface area contributed by atoms with Crippen molar-refractivity contribution in [1.29, 1.82) is 0 Å². The van der Waals surface area contributed by atoms with Gasteiger partial charge in [0.1, 0.15) is 5.75 Å². The molecule has 0 aromatic heterocycles. The Morgan fingerprint density at radius 3 is 2.53 bits per heavy atom. The molecule has 0 spiro atoms. The molecule has 0 heterocycles. The molecule has 17 heavy (non-hydrogen) atoms. The van der Waals surface area contributed by atoms with Gasteiger partial charge in [-0.05, 0) is 17.7 Å². The number of esters is 1. The van der Waals surface area contributed by atoms with Crippen LogP contribution in [0.4, 0.5) is 0 Å². The molecular weight excluding hydrogens is 307 g/mol. The van der Waals surface area contributed by atoms with E-state index in [9.17, 15) is 4.79 Å². The van der Waals surface area contributed by atoms with Gasteiger partial charge in [0, 0.05) is 10.4 Å². The average Bonchev–Trinajstić information content (AvgIpc) is 2.38. The molecule has 1 rings (SSSR count). The first-order valence-corrected chi connectivity index (χ1v) is 6.71. The summed E-state index contributed by atoms with van der Waals surface area (Å²) in [7, 11) is 1.31. The zero-order chi connectivity index (χ0) is 13.3. The van der Waals surface area contributed by atoms with E-state index in [0.717, 1.165) is 5.56 Å². The molecule has 0 radical (unpaired) electrons. The summed E-state index contributed by atoms with van der Waals surface area (Å²) in [6, 6.07) is 5.26. The maximum Gasteiger partial charge on any atom is 0.343 e. The van der Waals surface area contributed by atoms with Gasteiger partial charge in [-0.15, -0.1) is 0 Å². The Balaban J connectivity index is 0.00000121. The average molecular weight is 324 g/mol. The minimum absolute atomic E-state index is 0.111. The normalized spacial score (nSPS) is 9.00. The number of carbonyl (C=O) groups is 1. The first-order valence-electron chi connectivity index (χ1n) is 5.21. The van der Waals surface area contributed by atoms with Gasteiger partial charge in [-0.25, -0.2) is 4.79 Å². The van der Waals surface area contributed by atoms with Gasteiger partial charge in [-0.1, -0.05) is 47.4 Å². The molecule has 0 atom stereocenters. The molecule has 0 amide bonds. The lowest BCUT2D eigenvalue weighted by atomic mass is 10.2. The number of carbonyl (C=O) groups excluding carboxylic acids is 1. The van der Waals surface area contributed by atoms with Gasteiger partial charge >= 0.3 is 5.97 Å². The fourth-order valence-electron chi connectivity index (χ4n) is 0.927. The van der Waals surface area contributed by atoms with Crippen molar-refractivity contribution in [2.75, 3.05) is 13.7 Å². The van der Waals surface area contributed by atoms with Gasteiger partial charge in [-0.2, -0.15) is 0 Å². The van der Waals surface area contributed by atoms with E-state index in [0.29, 0.717) is 16.1 Å². The molecule has 0 bridgehead atoms. The lowest BCUT2D eigenvalue weighted by Gasteiger charge is -2.06. The predicted octanol–water partition coefficient (Wildman–Crippen LogP) is 3.81. The maximum atomic E-state index is 10.8. The standard InChI is InChI=1S/C10H10BrClO3.C2H6/c1-14-10(13)6-15-8-3-2-7(5-11)9(12)4-8;1-2/h2-4H,5-6H2,1H3;1-2H3. The number of halogens is 2. The molecule has 5 heteroatoms. The number of hydrogen-bond acceptors (Lipinski definition) is 3. The third-order valence-electron chi connectivity index (χ3n) is 1.75. The molecule has 1 aromatic rings. The van der Waals surface area contributed by atoms with Crippen molar-refractivity contribution in [2.45, 2.75) is 19.2 Å². The lowest BCUT2D eigenvalue weighted by molar-refractivity contribution is -0.142. The van der Waals surface area contributed by atoms with Crippen LogP contribution in [0.15, 0.2) is 18.2 Å². The first-order chi connectivity index (χ1) is 8.17. The van der Waals surface area contributed by atoms with E-state index in [1.807, 2.05) is 19.9 Å². The highest BCUT2D eigenvalue weighted by Crippen LogP contribution is 2.24. The maximum absolute atomic E-state index is 10.8. The van der Waals surface area contributed by atoms with Gasteiger partial charge in [0.2, 0.25) is 0 Å². The van der Waals surface area contributed by atoms with E-state index < -0.39 is 5.97 Å². The molecule has 96 valence electrons. The van der Waals surface area contributed by atoms with Crippen LogP contribution in [0, 0.1) is 0 Å². The molecule has 0 aliphatic heterocycles. The summed E-state index contributed by atoms with van der Waals surface area (Å²) in [5, 5.41) is 1.29. The second kappa shape index (κ2) is 9.31. The molecule has 0 unspecified atom stereocenters. The summed E-state index contributed by atoms with van der Waals surface area (Å²) in [6.45, 7) is 3.89. The van der Waals surface area contributed by atoms with Crippen LogP contribution in [0.25, 0.3) is 0 Å². The fraction of sp³-hybridized carbons (Fsp3) is 0.417. The minimum atomic E-state index is -0.421. The van der Waals surface area contributed by atoms with Gasteiger partial charge in [0.05, 0.1) is 7.11 Å². The Labute approximate surface area is 115 Å². The topological polar surface area (TPSA) is 35.5 Å². The molecule has 1 aromatic carbocycles. The first kappa shape index (κ1) is 16.3. The van der Waals surface area contributed by atoms with Crippen molar-refractivity contribution in [2.24, 2.45) is 0 Å². The monoisotopic (exact) mass is 322 g/mol. The molecule has 3 nitrogen and oxygen atoms in total. The van der Waals surface area contributed by atoms with Crippen molar-refractivity contribution >= 4 is 33.5 Å². The summed E-state index contributed by atoms with van der Waals surface area (Å²) in [5.41, 5.74) is 0.974. The Bertz CT molecular complexity index is 356. The van der Waals surface area contributed by atoms with Crippen molar-refractivity contribution in [3.63, 3.8) is 0 Å². The lowest BCUT2D eigenvalue weighted by Crippen LogP contribution is -2.12. The molecule has 0 fully saturated rings. The van der Waals surface area contributed by atoms with E-state index in [1.54, 1.807) is 12.1 Å². The van der Waals surface area contributed by atoms with Gasteiger partial charge in [0.25, 0.3) is 0 Å². The highest BCUT2D eigenvalue weighted by atomic mass is 79.9. The van der Waals surface area contributed by atoms with Crippen LogP contribution < -0.4 is 4.74 Å². The summed E-state index contributed by atoms with van der Waals surface area (Å²) >= 11 is 9.26. The Morgan fingerprint density at radius 2 is 2.06 bits per heavy atom. The fourth-order valence-corrected chi connectivity index (χ4v) is 1.82. The Hall–Kier alpha value is -0.740. The molecule has 0 aliphatic rings. The van der Waals surface area contributed by atoms with E-state index in [4.69, 9.17) is 16.3 Å². The van der Waals surface area contributed by atoms with Crippen molar-refractivity contribution < 1.29 is 14.3 Å². The van der Waals surface area contributed by atoms with Crippen molar-refractivity contribution in [3.8, 4) is 5.75 Å². The minimum Gasteiger partial charge on any atom is -0.482 e. The summed E-state index contributed by atoms with van der Waals surface area (Å²) in [5.74, 6) is 0.130. The summed E-state index contributed by atoms with van der Waals surface area (Å²) in [4.78, 5) is 10.8. The number of methoxy groups -OCH3 is 1. The zero-order valence-electron chi connectivity index (χ0n) is 10.1. The van der Waals surface area contributed by atoms with Crippen molar-refractivity contribution in [3.05, 3.63) is 28.8 Å². The van der Waals surface area contributed by atoms with E-state index in [2.05, 4.69) is 20.7 Å². The molecule has 0 saturated heterocycles. The van der Waals surface area contributed by atoms with Crippen LogP contribution in [0.2, 0.25) is 5.02 Å². The molecular formula is C12H16BrClO3. The van der Waals surface area contributed by atoms with Gasteiger partial charge in [-0.3, -0.25) is 0 Å². The quantitative estimate of drug-likeness (QED) is 0.624. The number of ether oxygens (including phenoxy) is 2. The Morgan fingerprint density at radius 1 is 1.41 bits per heavy atom. The van der Waals surface area contributed by atoms with Crippen LogP contribution >= 0.6 is 27.5 Å². The predicted molar refractivity (Wildman–Crippen MR) is 72.9 cm³/mol. The van der Waals surface area contributed by atoms with Crippen LogP contribution in [0.3, 0.4) is 0 Å². The zero-order valence-corrected chi connectivity index (χ0v) is 12.5. The molecule has 0 saturated carbocycles. The van der Waals surface area contributed by atoms with Crippen LogP contribution in [0.5, 0.6) is 5.75 Å². The second-order valence-corrected chi connectivity index (χ2v) is 3.72. The summed E-state index contributed by atoms with van der Waals surface area (Å²) < 4.78 is 9.61. The van der Waals surface area contributed by atoms with Crippen LogP contribution in [-0.2, 0) is 14.9 Å². The number of hydrogen-bond donors (Lipinski definition) is 0.